The van der Waals surface area contributed by atoms with Crippen LogP contribution in [0.3, 0.4) is 0 Å². The third kappa shape index (κ3) is 3.83. The summed E-state index contributed by atoms with van der Waals surface area (Å²) in [4.78, 5) is 11.2. The molecule has 0 aliphatic heterocycles. The number of hydrogen-bond acceptors (Lipinski definition) is 3. The number of aromatic nitrogens is 1. The minimum Gasteiger partial charge on any atom is -0.360 e. The maximum atomic E-state index is 13.6. The Kier molecular flexibility index (Phi) is 6.77. The lowest BCUT2D eigenvalue weighted by Crippen LogP contribution is -2.74. The molecule has 0 unspecified atom stereocenters. The van der Waals surface area contributed by atoms with Crippen molar-refractivity contribution in [3.8, 4) is 0 Å². The number of alkyl halides is 16. The number of nitrogens with zero attached hydrogens (tertiary/aromatic N) is 1. The van der Waals surface area contributed by atoms with E-state index in [2.05, 4.69) is 9.68 Å². The first kappa shape index (κ1) is 28.6. The van der Waals surface area contributed by atoms with Gasteiger partial charge in [0.05, 0.1) is 0 Å². The molecular weight excluding hydrogens is 520 g/mol. The number of hydrogen-bond donors (Lipinski definition) is 1. The van der Waals surface area contributed by atoms with Gasteiger partial charge in [-0.15, -0.1) is 0 Å². The predicted molar refractivity (Wildman–Crippen MR) is 70.5 cm³/mol. The van der Waals surface area contributed by atoms with Gasteiger partial charge in [0.15, 0.2) is 5.82 Å². The van der Waals surface area contributed by atoms with Crippen molar-refractivity contribution in [3.05, 3.63) is 11.8 Å². The van der Waals surface area contributed by atoms with Gasteiger partial charge >= 0.3 is 53.8 Å². The summed E-state index contributed by atoms with van der Waals surface area (Å²) in [6.07, 6.45) is -5.93. The molecule has 192 valence electrons. The van der Waals surface area contributed by atoms with Gasteiger partial charge in [0.1, 0.15) is 5.76 Å². The van der Waals surface area contributed by atoms with E-state index in [9.17, 15) is 75.0 Å². The van der Waals surface area contributed by atoms with Gasteiger partial charge in [-0.25, -0.2) is 8.78 Å². The minimum absolute atomic E-state index is 0.334. The summed E-state index contributed by atoms with van der Waals surface area (Å²) in [5.74, 6) is -61.5. The van der Waals surface area contributed by atoms with Gasteiger partial charge in [-0.1, -0.05) is 5.16 Å². The average Bonchev–Trinajstić information content (AvgIpc) is 3.05. The Morgan fingerprint density at radius 1 is 0.788 bits per heavy atom. The first-order valence-electron chi connectivity index (χ1n) is 7.51. The Labute approximate surface area is 169 Å². The van der Waals surface area contributed by atoms with Gasteiger partial charge in [0.25, 0.3) is 0 Å². The van der Waals surface area contributed by atoms with Crippen molar-refractivity contribution in [1.82, 2.24) is 5.16 Å². The SMILES string of the molecule is Cc1cc(NC(=O)C(F)(F)C(F)(F)C(F)(F)C(F)(F)C(F)(F)C(F)(F)C(F)(F)C(F)F)no1. The summed E-state index contributed by atoms with van der Waals surface area (Å²) in [5, 5.41) is 3.32. The molecule has 0 bridgehead atoms. The number of aryl methyl sites for hydroxylation is 1. The van der Waals surface area contributed by atoms with E-state index in [1.54, 1.807) is 0 Å². The molecule has 0 aromatic carbocycles. The van der Waals surface area contributed by atoms with E-state index in [0.29, 0.717) is 11.4 Å². The Bertz CT molecular complexity index is 878. The van der Waals surface area contributed by atoms with Crippen LogP contribution in [0, 0.1) is 6.92 Å². The molecule has 1 aromatic rings. The highest BCUT2D eigenvalue weighted by Gasteiger charge is 2.94. The first-order valence-corrected chi connectivity index (χ1v) is 7.51. The van der Waals surface area contributed by atoms with E-state index in [-0.39, 0.29) is 5.76 Å². The predicted octanol–water partition coefficient (Wildman–Crippen LogP) is 5.63. The van der Waals surface area contributed by atoms with E-state index < -0.39 is 59.6 Å². The van der Waals surface area contributed by atoms with Crippen LogP contribution in [0.4, 0.5) is 76.1 Å². The Morgan fingerprint density at radius 2 is 1.18 bits per heavy atom. The van der Waals surface area contributed by atoms with Crippen LogP contribution >= 0.6 is 0 Å². The zero-order valence-electron chi connectivity index (χ0n) is 15.0. The molecule has 0 saturated carbocycles. The number of rotatable bonds is 9. The quantitative estimate of drug-likeness (QED) is 0.425. The van der Waals surface area contributed by atoms with Crippen molar-refractivity contribution in [2.45, 2.75) is 54.8 Å². The zero-order chi connectivity index (χ0) is 26.6. The fourth-order valence-corrected chi connectivity index (χ4v) is 1.90. The van der Waals surface area contributed by atoms with Gasteiger partial charge < -0.3 is 9.84 Å². The minimum atomic E-state index is -8.57. The third-order valence-corrected chi connectivity index (χ3v) is 3.82. The van der Waals surface area contributed by atoms with Crippen LogP contribution in [-0.2, 0) is 4.79 Å². The molecule has 1 rings (SSSR count). The smallest absolute Gasteiger partial charge is 0.360 e. The second-order valence-electron chi connectivity index (χ2n) is 6.15. The Hall–Kier alpha value is -2.44. The van der Waals surface area contributed by atoms with Crippen molar-refractivity contribution in [1.29, 1.82) is 0 Å². The summed E-state index contributed by atoms with van der Waals surface area (Å²) in [5.41, 5.74) is 0. The summed E-state index contributed by atoms with van der Waals surface area (Å²) in [7, 11) is 0. The summed E-state index contributed by atoms with van der Waals surface area (Å²) >= 11 is 0. The molecule has 0 atom stereocenters. The van der Waals surface area contributed by atoms with Gasteiger partial charge in [0.2, 0.25) is 0 Å². The Morgan fingerprint density at radius 3 is 1.55 bits per heavy atom. The number of carbonyl (C=O) groups is 1. The monoisotopic (exact) mass is 526 g/mol. The molecule has 4 nitrogen and oxygen atoms in total. The molecule has 0 aliphatic carbocycles. The van der Waals surface area contributed by atoms with Gasteiger partial charge in [-0.05, 0) is 6.92 Å². The van der Waals surface area contributed by atoms with Crippen LogP contribution in [0.25, 0.3) is 0 Å². The summed E-state index contributed by atoms with van der Waals surface area (Å²) in [6.45, 7) is 1.00. The summed E-state index contributed by atoms with van der Waals surface area (Å²) in [6, 6.07) is 0.472. The lowest BCUT2D eigenvalue weighted by molar-refractivity contribution is -0.443. The molecular formula is C13H6F16N2O2. The molecule has 33 heavy (non-hydrogen) atoms. The maximum absolute atomic E-state index is 13.6. The molecule has 0 saturated heterocycles. The molecule has 1 heterocycles. The topological polar surface area (TPSA) is 55.1 Å². The average molecular weight is 526 g/mol. The highest BCUT2D eigenvalue weighted by Crippen LogP contribution is 2.62. The molecule has 20 heteroatoms. The second-order valence-corrected chi connectivity index (χ2v) is 6.15. The van der Waals surface area contributed by atoms with E-state index >= 15 is 0 Å². The van der Waals surface area contributed by atoms with Crippen LogP contribution in [0.15, 0.2) is 10.6 Å². The van der Waals surface area contributed by atoms with Crippen LogP contribution in [0.5, 0.6) is 0 Å². The largest absolute Gasteiger partial charge is 0.393 e. The van der Waals surface area contributed by atoms with Crippen molar-refractivity contribution >= 4 is 11.7 Å². The lowest BCUT2D eigenvalue weighted by Gasteiger charge is -2.42. The summed E-state index contributed by atoms with van der Waals surface area (Å²) < 4.78 is 215. The highest BCUT2D eigenvalue weighted by molar-refractivity contribution is 5.96. The lowest BCUT2D eigenvalue weighted by atomic mass is 9.89. The normalized spacial score (nSPS) is 15.2. The third-order valence-electron chi connectivity index (χ3n) is 3.82. The number of anilines is 1. The molecule has 0 fully saturated rings. The molecule has 0 radical (unpaired) electrons. The van der Waals surface area contributed by atoms with Crippen molar-refractivity contribution in [2.75, 3.05) is 5.32 Å². The fourth-order valence-electron chi connectivity index (χ4n) is 1.90. The maximum Gasteiger partial charge on any atom is 0.393 e. The number of carbonyl (C=O) groups excluding carboxylic acids is 1. The van der Waals surface area contributed by atoms with Crippen molar-refractivity contribution in [3.63, 3.8) is 0 Å². The fraction of sp³-hybridized carbons (Fsp3) is 0.692. The van der Waals surface area contributed by atoms with E-state index in [0.717, 1.165) is 6.92 Å². The molecule has 1 N–H and O–H groups in total. The number of nitrogens with one attached hydrogen (secondary N) is 1. The first-order chi connectivity index (χ1) is 14.3. The van der Waals surface area contributed by atoms with Crippen molar-refractivity contribution < 1.29 is 79.6 Å². The zero-order valence-corrected chi connectivity index (χ0v) is 15.0. The Balaban J connectivity index is 3.53. The van der Waals surface area contributed by atoms with Crippen LogP contribution in [0.1, 0.15) is 5.76 Å². The van der Waals surface area contributed by atoms with E-state index in [1.807, 2.05) is 0 Å². The van der Waals surface area contributed by atoms with Crippen LogP contribution < -0.4 is 5.32 Å². The van der Waals surface area contributed by atoms with Crippen LogP contribution in [-0.4, -0.2) is 58.9 Å². The van der Waals surface area contributed by atoms with Gasteiger partial charge in [0, 0.05) is 6.07 Å². The van der Waals surface area contributed by atoms with Crippen LogP contribution in [0.2, 0.25) is 0 Å². The highest BCUT2D eigenvalue weighted by atomic mass is 19.4. The molecule has 0 aliphatic rings. The number of halogens is 16. The van der Waals surface area contributed by atoms with Gasteiger partial charge in [-0.2, -0.15) is 61.5 Å². The van der Waals surface area contributed by atoms with E-state index in [4.69, 9.17) is 0 Å². The molecule has 1 aromatic heterocycles. The standard InChI is InChI=1S/C13H6F16N2O2/c1-3-2-4(31-33-3)30-6(32)8(18,19)10(22,23)12(26,27)13(28,29)11(24,25)9(20,21)7(16,17)5(14)15/h2,5H,1H3,(H,30,31,32). The molecule has 1 amide bonds. The number of amides is 1. The van der Waals surface area contributed by atoms with Gasteiger partial charge in [-0.3, -0.25) is 4.79 Å². The molecule has 0 spiro atoms. The second kappa shape index (κ2) is 7.81. The van der Waals surface area contributed by atoms with Crippen molar-refractivity contribution in [2.24, 2.45) is 0 Å². The van der Waals surface area contributed by atoms with E-state index in [1.165, 1.54) is 0 Å².